The molecule has 4 nitrogen and oxygen atoms in total. The molecule has 0 spiro atoms. The molecule has 2 aromatic rings. The summed E-state index contributed by atoms with van der Waals surface area (Å²) >= 11 is 4.62. The van der Waals surface area contributed by atoms with Crippen molar-refractivity contribution in [1.82, 2.24) is 0 Å². The third-order valence-corrected chi connectivity index (χ3v) is 6.31. The Morgan fingerprint density at radius 2 is 1.92 bits per heavy atom. The topological polar surface area (TPSA) is 63.2 Å². The first-order chi connectivity index (χ1) is 11.7. The molecule has 0 bridgehead atoms. The van der Waals surface area contributed by atoms with Gasteiger partial charge >= 0.3 is 5.76 Å². The van der Waals surface area contributed by atoms with Crippen molar-refractivity contribution in [2.45, 2.75) is 22.5 Å². The van der Waals surface area contributed by atoms with E-state index in [0.29, 0.717) is 0 Å². The lowest BCUT2D eigenvalue weighted by molar-refractivity contribution is -0.113. The van der Waals surface area contributed by atoms with Crippen LogP contribution in [0.2, 0.25) is 0 Å². The molecule has 9 heteroatoms. The SMILES string of the molecule is Cc1cc(Br)ccc1SCC(=O)Nc1ccccc1S(=O)(=O)C(F)F. The summed E-state index contributed by atoms with van der Waals surface area (Å²) < 4.78 is 49.8. The van der Waals surface area contributed by atoms with Gasteiger partial charge in [0.15, 0.2) is 0 Å². The van der Waals surface area contributed by atoms with Crippen LogP contribution >= 0.6 is 27.7 Å². The Morgan fingerprint density at radius 3 is 2.56 bits per heavy atom. The minimum Gasteiger partial charge on any atom is -0.324 e. The van der Waals surface area contributed by atoms with Crippen LogP contribution in [0.25, 0.3) is 0 Å². The highest BCUT2D eigenvalue weighted by atomic mass is 79.9. The van der Waals surface area contributed by atoms with E-state index < -0.39 is 26.4 Å². The molecule has 0 heterocycles. The zero-order valence-electron chi connectivity index (χ0n) is 13.0. The van der Waals surface area contributed by atoms with Crippen LogP contribution in [-0.4, -0.2) is 25.8 Å². The third-order valence-electron chi connectivity index (χ3n) is 3.20. The normalized spacial score (nSPS) is 11.6. The molecule has 0 saturated carbocycles. The highest BCUT2D eigenvalue weighted by Gasteiger charge is 2.29. The molecule has 0 fully saturated rings. The van der Waals surface area contributed by atoms with E-state index in [4.69, 9.17) is 0 Å². The molecule has 0 aliphatic rings. The summed E-state index contributed by atoms with van der Waals surface area (Å²) in [6.07, 6.45) is 0. The van der Waals surface area contributed by atoms with Gasteiger partial charge in [-0.3, -0.25) is 4.79 Å². The zero-order chi connectivity index (χ0) is 18.6. The maximum atomic E-state index is 12.8. The van der Waals surface area contributed by atoms with Gasteiger partial charge in [-0.25, -0.2) is 8.42 Å². The third kappa shape index (κ3) is 5.02. The van der Waals surface area contributed by atoms with E-state index >= 15 is 0 Å². The standard InChI is InChI=1S/C16H14BrF2NO3S2/c1-10-8-11(17)6-7-13(10)24-9-15(21)20-12-4-2-3-5-14(12)25(22,23)16(18)19/h2-8,16H,9H2,1H3,(H,20,21). The Kier molecular flexibility index (Phi) is 6.59. The predicted octanol–water partition coefficient (Wildman–Crippen LogP) is 4.48. The van der Waals surface area contributed by atoms with Gasteiger partial charge in [-0.1, -0.05) is 28.1 Å². The summed E-state index contributed by atoms with van der Waals surface area (Å²) in [5, 5.41) is 2.39. The number of hydrogen-bond donors (Lipinski definition) is 1. The number of benzene rings is 2. The number of para-hydroxylation sites is 1. The Hall–Kier alpha value is -1.45. The Bertz CT molecular complexity index is 889. The molecule has 0 aliphatic carbocycles. The molecule has 1 amide bonds. The maximum Gasteiger partial charge on any atom is 0.341 e. The molecule has 1 N–H and O–H groups in total. The van der Waals surface area contributed by atoms with Crippen molar-refractivity contribution in [2.24, 2.45) is 0 Å². The highest BCUT2D eigenvalue weighted by Crippen LogP contribution is 2.28. The number of anilines is 1. The van der Waals surface area contributed by atoms with Gasteiger partial charge in [0, 0.05) is 9.37 Å². The Labute approximate surface area is 157 Å². The molecular formula is C16H14BrF2NO3S2. The molecular weight excluding hydrogens is 436 g/mol. The molecule has 0 unspecified atom stereocenters. The van der Waals surface area contributed by atoms with Gasteiger partial charge in [-0.05, 0) is 42.8 Å². The number of aryl methyl sites for hydroxylation is 1. The fourth-order valence-corrected chi connectivity index (χ4v) is 4.19. The first kappa shape index (κ1) is 19.9. The average Bonchev–Trinajstić information content (AvgIpc) is 2.54. The number of carbonyl (C=O) groups excluding carboxylic acids is 1. The van der Waals surface area contributed by atoms with Gasteiger partial charge in [0.05, 0.1) is 16.3 Å². The summed E-state index contributed by atoms with van der Waals surface area (Å²) in [5.74, 6) is -4.01. The summed E-state index contributed by atoms with van der Waals surface area (Å²) in [5.41, 5.74) is 0.828. The van der Waals surface area contributed by atoms with Crippen molar-refractivity contribution in [2.75, 3.05) is 11.1 Å². The predicted molar refractivity (Wildman–Crippen MR) is 97.9 cm³/mol. The quantitative estimate of drug-likeness (QED) is 0.660. The van der Waals surface area contributed by atoms with Gasteiger partial charge in [0.25, 0.3) is 0 Å². The molecule has 25 heavy (non-hydrogen) atoms. The smallest absolute Gasteiger partial charge is 0.324 e. The minimum atomic E-state index is -4.79. The molecule has 2 aromatic carbocycles. The Morgan fingerprint density at radius 1 is 1.24 bits per heavy atom. The average molecular weight is 450 g/mol. The summed E-state index contributed by atoms with van der Waals surface area (Å²) in [4.78, 5) is 12.4. The Balaban J connectivity index is 2.11. The van der Waals surface area contributed by atoms with E-state index in [9.17, 15) is 22.0 Å². The number of alkyl halides is 2. The number of rotatable bonds is 6. The number of sulfone groups is 1. The number of hydrogen-bond acceptors (Lipinski definition) is 4. The first-order valence-corrected chi connectivity index (χ1v) is 10.3. The maximum absolute atomic E-state index is 12.8. The highest BCUT2D eigenvalue weighted by molar-refractivity contribution is 9.10. The van der Waals surface area contributed by atoms with Crippen LogP contribution in [0.1, 0.15) is 5.56 Å². The zero-order valence-corrected chi connectivity index (χ0v) is 16.2. The molecule has 2 rings (SSSR count). The lowest BCUT2D eigenvalue weighted by Crippen LogP contribution is -2.19. The van der Waals surface area contributed by atoms with Crippen LogP contribution in [0.3, 0.4) is 0 Å². The van der Waals surface area contributed by atoms with Crippen LogP contribution in [0.15, 0.2) is 56.7 Å². The number of carbonyl (C=O) groups is 1. The molecule has 0 aliphatic heterocycles. The number of amides is 1. The van der Waals surface area contributed by atoms with E-state index in [1.165, 1.54) is 30.0 Å². The van der Waals surface area contributed by atoms with Gasteiger partial charge in [0.1, 0.15) is 0 Å². The fourth-order valence-electron chi connectivity index (χ4n) is 2.02. The lowest BCUT2D eigenvalue weighted by Gasteiger charge is -2.11. The van der Waals surface area contributed by atoms with Gasteiger partial charge in [0.2, 0.25) is 15.7 Å². The van der Waals surface area contributed by atoms with E-state index in [1.54, 1.807) is 0 Å². The number of thioether (sulfide) groups is 1. The largest absolute Gasteiger partial charge is 0.341 e. The summed E-state index contributed by atoms with van der Waals surface area (Å²) in [7, 11) is -4.79. The van der Waals surface area contributed by atoms with E-state index in [-0.39, 0.29) is 11.4 Å². The van der Waals surface area contributed by atoms with Gasteiger partial charge < -0.3 is 5.32 Å². The van der Waals surface area contributed by atoms with Crippen LogP contribution in [0, 0.1) is 6.92 Å². The second-order valence-electron chi connectivity index (χ2n) is 5.05. The monoisotopic (exact) mass is 449 g/mol. The van der Waals surface area contributed by atoms with Crippen molar-refractivity contribution in [1.29, 1.82) is 0 Å². The molecule has 134 valence electrons. The minimum absolute atomic E-state index is 0.0194. The van der Waals surface area contributed by atoms with Gasteiger partial charge in [-0.15, -0.1) is 11.8 Å². The van der Waals surface area contributed by atoms with Crippen molar-refractivity contribution in [3.63, 3.8) is 0 Å². The number of nitrogens with one attached hydrogen (secondary N) is 1. The van der Waals surface area contributed by atoms with Crippen molar-refractivity contribution in [3.8, 4) is 0 Å². The first-order valence-electron chi connectivity index (χ1n) is 7.01. The summed E-state index contributed by atoms with van der Waals surface area (Å²) in [6, 6.07) is 10.7. The van der Waals surface area contributed by atoms with E-state index in [1.807, 2.05) is 25.1 Å². The van der Waals surface area contributed by atoms with Crippen LogP contribution in [0.4, 0.5) is 14.5 Å². The lowest BCUT2D eigenvalue weighted by atomic mass is 10.2. The number of halogens is 3. The molecule has 0 saturated heterocycles. The second-order valence-corrected chi connectivity index (χ2v) is 8.87. The van der Waals surface area contributed by atoms with Gasteiger partial charge in [-0.2, -0.15) is 8.78 Å². The van der Waals surface area contributed by atoms with Crippen molar-refractivity contribution >= 4 is 49.1 Å². The van der Waals surface area contributed by atoms with E-state index in [0.717, 1.165) is 21.0 Å². The van der Waals surface area contributed by atoms with Crippen LogP contribution in [-0.2, 0) is 14.6 Å². The molecule has 0 radical (unpaired) electrons. The second kappa shape index (κ2) is 8.29. The van der Waals surface area contributed by atoms with Crippen molar-refractivity contribution < 1.29 is 22.0 Å². The van der Waals surface area contributed by atoms with Crippen LogP contribution < -0.4 is 5.32 Å². The summed E-state index contributed by atoms with van der Waals surface area (Å²) in [6.45, 7) is 1.90. The van der Waals surface area contributed by atoms with Crippen LogP contribution in [0.5, 0.6) is 0 Å². The fraction of sp³-hybridized carbons (Fsp3) is 0.188. The molecule has 0 atom stereocenters. The van der Waals surface area contributed by atoms with E-state index in [2.05, 4.69) is 21.2 Å². The molecule has 0 aromatic heterocycles. The van der Waals surface area contributed by atoms with Crippen molar-refractivity contribution in [3.05, 3.63) is 52.5 Å².